The summed E-state index contributed by atoms with van der Waals surface area (Å²) in [6.45, 7) is 13.7. The van der Waals surface area contributed by atoms with Crippen LogP contribution in [-0.4, -0.2) is 39.2 Å². The highest BCUT2D eigenvalue weighted by Crippen LogP contribution is 2.36. The van der Waals surface area contributed by atoms with Gasteiger partial charge in [0.2, 0.25) is 0 Å². The van der Waals surface area contributed by atoms with E-state index in [2.05, 4.69) is 38.6 Å². The molecule has 5 heteroatoms. The van der Waals surface area contributed by atoms with Crippen molar-refractivity contribution in [3.63, 3.8) is 0 Å². The molecule has 1 N–H and O–H groups in total. The Balaban J connectivity index is 4.17. The van der Waals surface area contributed by atoms with Crippen LogP contribution in [0.5, 0.6) is 0 Å². The molecule has 0 heterocycles. The first kappa shape index (κ1) is 20.3. The molecular weight excluding hydrogens is 284 g/mol. The van der Waals surface area contributed by atoms with Gasteiger partial charge in [0, 0.05) is 6.42 Å². The van der Waals surface area contributed by atoms with Crippen LogP contribution < -0.4 is 0 Å². The van der Waals surface area contributed by atoms with Gasteiger partial charge in [0.05, 0.1) is 19.8 Å². The van der Waals surface area contributed by atoms with E-state index >= 15 is 0 Å². The third-order valence-corrected chi connectivity index (χ3v) is 8.65. The molecule has 0 radical (unpaired) electrons. The molecule has 0 bridgehead atoms. The Kier molecular flexibility index (Phi) is 8.44. The molecule has 0 rings (SSSR count). The van der Waals surface area contributed by atoms with E-state index in [1.165, 1.54) is 7.11 Å². The summed E-state index contributed by atoms with van der Waals surface area (Å²) >= 11 is 0. The molecule has 0 spiro atoms. The Bertz CT molecular complexity index is 356. The zero-order valence-corrected chi connectivity index (χ0v) is 15.7. The van der Waals surface area contributed by atoms with E-state index < -0.39 is 14.4 Å². The second-order valence-corrected chi connectivity index (χ2v) is 11.9. The quantitative estimate of drug-likeness (QED) is 0.422. The lowest BCUT2D eigenvalue weighted by Gasteiger charge is -2.35. The van der Waals surface area contributed by atoms with Gasteiger partial charge in [0.1, 0.15) is 0 Å². The Morgan fingerprint density at radius 1 is 1.33 bits per heavy atom. The Morgan fingerprint density at radius 2 is 1.90 bits per heavy atom. The summed E-state index contributed by atoms with van der Waals surface area (Å²) < 4.78 is 10.6. The minimum Gasteiger partial charge on any atom is -0.469 e. The second-order valence-electron chi connectivity index (χ2n) is 7.09. The molecule has 0 aromatic heterocycles. The predicted molar refractivity (Wildman–Crippen MR) is 88.8 cm³/mol. The number of esters is 1. The number of rotatable bonds is 8. The summed E-state index contributed by atoms with van der Waals surface area (Å²) in [7, 11) is -0.356. The van der Waals surface area contributed by atoms with Crippen LogP contribution in [0.2, 0.25) is 18.1 Å². The number of hydrogen-bond donors (Lipinski definition) is 1. The van der Waals surface area contributed by atoms with Crippen LogP contribution in [0.1, 0.15) is 47.0 Å². The molecule has 0 aliphatic rings. The number of carbonyl (C=O) groups excluding carboxylic acids is 1. The van der Waals surface area contributed by atoms with Gasteiger partial charge in [-0.1, -0.05) is 32.4 Å². The van der Waals surface area contributed by atoms with E-state index in [-0.39, 0.29) is 17.4 Å². The van der Waals surface area contributed by atoms with Crippen LogP contribution in [0.4, 0.5) is 0 Å². The number of carbonyl (C=O) groups is 1. The van der Waals surface area contributed by atoms with Crippen molar-refractivity contribution in [2.45, 2.75) is 71.2 Å². The lowest BCUT2D eigenvalue weighted by atomic mass is 10.1. The minimum atomic E-state index is -1.71. The molecule has 0 saturated carbocycles. The fraction of sp³-hybridized carbons (Fsp3) is 0.812. The first-order valence-electron chi connectivity index (χ1n) is 7.54. The Labute approximate surface area is 130 Å². The molecular formula is C16H32O4Si. The molecule has 0 amide bonds. The van der Waals surface area contributed by atoms with E-state index in [0.717, 1.165) is 5.57 Å². The van der Waals surface area contributed by atoms with Crippen LogP contribution in [0.25, 0.3) is 0 Å². The zero-order valence-electron chi connectivity index (χ0n) is 14.7. The minimum absolute atomic E-state index is 0.203. The molecule has 21 heavy (non-hydrogen) atoms. The first-order chi connectivity index (χ1) is 9.49. The van der Waals surface area contributed by atoms with Gasteiger partial charge in [-0.2, -0.15) is 0 Å². The SMILES string of the molecule is COC(=O)CC[C@H](O)C/C(C)=C/CO[Si](C)(C)C(C)(C)C. The van der Waals surface area contributed by atoms with Crippen molar-refractivity contribution in [2.24, 2.45) is 0 Å². The van der Waals surface area contributed by atoms with E-state index in [0.29, 0.717) is 19.4 Å². The number of methoxy groups -OCH3 is 1. The Hall–Kier alpha value is -0.653. The van der Waals surface area contributed by atoms with E-state index in [1.54, 1.807) is 0 Å². The molecule has 0 aromatic carbocycles. The average Bonchev–Trinajstić information content (AvgIpc) is 2.34. The van der Waals surface area contributed by atoms with Gasteiger partial charge >= 0.3 is 5.97 Å². The highest BCUT2D eigenvalue weighted by Gasteiger charge is 2.36. The Morgan fingerprint density at radius 3 is 2.38 bits per heavy atom. The number of hydrogen-bond acceptors (Lipinski definition) is 4. The topological polar surface area (TPSA) is 55.8 Å². The maximum Gasteiger partial charge on any atom is 0.305 e. The van der Waals surface area contributed by atoms with Crippen LogP contribution in [0, 0.1) is 0 Å². The fourth-order valence-electron chi connectivity index (χ4n) is 1.55. The van der Waals surface area contributed by atoms with Gasteiger partial charge in [-0.05, 0) is 37.9 Å². The smallest absolute Gasteiger partial charge is 0.305 e. The number of aliphatic hydroxyl groups is 1. The van der Waals surface area contributed by atoms with Crippen molar-refractivity contribution >= 4 is 14.3 Å². The maximum atomic E-state index is 11.0. The van der Waals surface area contributed by atoms with Crippen molar-refractivity contribution < 1.29 is 19.1 Å². The molecule has 0 saturated heterocycles. The lowest BCUT2D eigenvalue weighted by molar-refractivity contribution is -0.141. The summed E-state index contributed by atoms with van der Waals surface area (Å²) in [4.78, 5) is 11.0. The monoisotopic (exact) mass is 316 g/mol. The van der Waals surface area contributed by atoms with Crippen LogP contribution in [0.3, 0.4) is 0 Å². The van der Waals surface area contributed by atoms with Crippen molar-refractivity contribution in [3.8, 4) is 0 Å². The molecule has 1 atom stereocenters. The van der Waals surface area contributed by atoms with Crippen molar-refractivity contribution in [1.82, 2.24) is 0 Å². The summed E-state index contributed by atoms with van der Waals surface area (Å²) in [5.74, 6) is -0.281. The summed E-state index contributed by atoms with van der Waals surface area (Å²) in [6, 6.07) is 0. The third-order valence-electron chi connectivity index (χ3n) is 4.15. The summed E-state index contributed by atoms with van der Waals surface area (Å²) in [5.41, 5.74) is 1.09. The van der Waals surface area contributed by atoms with Crippen molar-refractivity contribution in [3.05, 3.63) is 11.6 Å². The average molecular weight is 317 g/mol. The van der Waals surface area contributed by atoms with Gasteiger partial charge in [0.15, 0.2) is 8.32 Å². The first-order valence-corrected chi connectivity index (χ1v) is 10.4. The van der Waals surface area contributed by atoms with Crippen LogP contribution >= 0.6 is 0 Å². The van der Waals surface area contributed by atoms with E-state index in [4.69, 9.17) is 4.43 Å². The largest absolute Gasteiger partial charge is 0.469 e. The van der Waals surface area contributed by atoms with Gasteiger partial charge in [0.25, 0.3) is 0 Å². The zero-order chi connectivity index (χ0) is 16.7. The van der Waals surface area contributed by atoms with Gasteiger partial charge < -0.3 is 14.3 Å². The molecule has 0 unspecified atom stereocenters. The molecule has 0 aromatic rings. The maximum absolute atomic E-state index is 11.0. The molecule has 0 aliphatic heterocycles. The predicted octanol–water partition coefficient (Wildman–Crippen LogP) is 3.66. The van der Waals surface area contributed by atoms with Crippen LogP contribution in [-0.2, 0) is 14.0 Å². The fourth-order valence-corrected chi connectivity index (χ4v) is 2.49. The lowest BCUT2D eigenvalue weighted by Crippen LogP contribution is -2.40. The number of aliphatic hydroxyl groups excluding tert-OH is 1. The highest BCUT2D eigenvalue weighted by atomic mass is 28.4. The van der Waals surface area contributed by atoms with E-state index in [9.17, 15) is 9.90 Å². The summed E-state index contributed by atoms with van der Waals surface area (Å²) in [5, 5.41) is 10.1. The molecule has 4 nitrogen and oxygen atoms in total. The van der Waals surface area contributed by atoms with Crippen LogP contribution in [0.15, 0.2) is 11.6 Å². The third kappa shape index (κ3) is 8.39. The molecule has 0 fully saturated rings. The van der Waals surface area contributed by atoms with Gasteiger partial charge in [-0.15, -0.1) is 0 Å². The molecule has 124 valence electrons. The van der Waals surface area contributed by atoms with Gasteiger partial charge in [-0.3, -0.25) is 4.79 Å². The molecule has 0 aliphatic carbocycles. The normalized spacial score (nSPS) is 15.0. The van der Waals surface area contributed by atoms with Crippen molar-refractivity contribution in [1.29, 1.82) is 0 Å². The standard InChI is InChI=1S/C16H32O4Si/c1-13(12-14(17)8-9-15(18)19-5)10-11-20-21(6,7)16(2,3)4/h10,14,17H,8-9,11-12H2,1-7H3/b13-10+/t14-/m0/s1. The van der Waals surface area contributed by atoms with Gasteiger partial charge in [-0.25, -0.2) is 0 Å². The van der Waals surface area contributed by atoms with Crippen molar-refractivity contribution in [2.75, 3.05) is 13.7 Å². The second kappa shape index (κ2) is 8.71. The van der Waals surface area contributed by atoms with E-state index in [1.807, 2.05) is 13.0 Å². The summed E-state index contributed by atoms with van der Waals surface area (Å²) in [6.07, 6.45) is 2.78. The number of ether oxygens (including phenoxy) is 1. The highest BCUT2D eigenvalue weighted by molar-refractivity contribution is 6.74.